The zero-order chi connectivity index (χ0) is 9.14. The first kappa shape index (κ1) is 8.32. The third-order valence-corrected chi connectivity index (χ3v) is 1.41. The van der Waals surface area contributed by atoms with Crippen molar-refractivity contribution in [1.29, 1.82) is 0 Å². The van der Waals surface area contributed by atoms with Gasteiger partial charge >= 0.3 is 0 Å². The van der Waals surface area contributed by atoms with Crippen molar-refractivity contribution in [3.8, 4) is 0 Å². The number of rotatable bonds is 2. The molecular weight excluding hydrogens is 154 g/mol. The molecule has 1 aromatic rings. The van der Waals surface area contributed by atoms with Gasteiger partial charge in [0.25, 0.3) is 0 Å². The summed E-state index contributed by atoms with van der Waals surface area (Å²) in [6.07, 6.45) is 2.80. The Morgan fingerprint density at radius 2 is 2.50 bits per heavy atom. The van der Waals surface area contributed by atoms with Crippen LogP contribution in [0.25, 0.3) is 5.70 Å². The van der Waals surface area contributed by atoms with Gasteiger partial charge in [0.2, 0.25) is 0 Å². The van der Waals surface area contributed by atoms with Crippen molar-refractivity contribution in [2.75, 3.05) is 0 Å². The molecule has 0 unspecified atom stereocenters. The van der Waals surface area contributed by atoms with Gasteiger partial charge in [-0.1, -0.05) is 6.58 Å². The van der Waals surface area contributed by atoms with Crippen LogP contribution in [0.1, 0.15) is 5.69 Å². The molecule has 0 amide bonds. The molecule has 12 heavy (non-hydrogen) atoms. The van der Waals surface area contributed by atoms with Crippen molar-refractivity contribution in [1.82, 2.24) is 9.55 Å². The third-order valence-electron chi connectivity index (χ3n) is 1.41. The lowest BCUT2D eigenvalue weighted by Gasteiger charge is -1.97. The minimum absolute atomic E-state index is 0.385. The molecule has 1 aromatic heterocycles. The fraction of sp³-hybridized carbons (Fsp3) is 0.143. The Labute approximate surface area is 70.4 Å². The van der Waals surface area contributed by atoms with Crippen molar-refractivity contribution >= 4 is 17.9 Å². The van der Waals surface area contributed by atoms with Crippen LogP contribution in [0, 0.1) is 0 Å². The van der Waals surface area contributed by atoms with Crippen LogP contribution in [0.5, 0.6) is 0 Å². The molecule has 0 saturated heterocycles. The second kappa shape index (κ2) is 3.08. The van der Waals surface area contributed by atoms with Gasteiger partial charge in [-0.3, -0.25) is 0 Å². The smallest absolute Gasteiger partial charge is 0.163 e. The average molecular weight is 165 g/mol. The quantitative estimate of drug-likeness (QED) is 0.476. The van der Waals surface area contributed by atoms with E-state index in [1.54, 1.807) is 10.9 Å². The molecule has 0 fully saturated rings. The summed E-state index contributed by atoms with van der Waals surface area (Å²) in [7, 11) is 1.81. The molecule has 5 nitrogen and oxygen atoms in total. The lowest BCUT2D eigenvalue weighted by atomic mass is 10.3. The third kappa shape index (κ3) is 1.29. The molecule has 0 aromatic carbocycles. The van der Waals surface area contributed by atoms with Gasteiger partial charge < -0.3 is 16.0 Å². The van der Waals surface area contributed by atoms with Gasteiger partial charge in [0.15, 0.2) is 5.82 Å². The van der Waals surface area contributed by atoms with Gasteiger partial charge in [0.05, 0.1) is 18.4 Å². The number of nitrogens with two attached hydrogens (primary N) is 2. The SMILES string of the molecule is C=C(N)c1ncn(C)c1/N=C\N. The fourth-order valence-electron chi connectivity index (χ4n) is 0.873. The van der Waals surface area contributed by atoms with Crippen LogP contribution in [0.2, 0.25) is 0 Å². The summed E-state index contributed by atoms with van der Waals surface area (Å²) in [5, 5.41) is 0. The lowest BCUT2D eigenvalue weighted by Crippen LogP contribution is -1.96. The highest BCUT2D eigenvalue weighted by Gasteiger charge is 2.07. The van der Waals surface area contributed by atoms with Crippen LogP contribution in [0.4, 0.5) is 5.82 Å². The van der Waals surface area contributed by atoms with Crippen molar-refractivity contribution in [3.63, 3.8) is 0 Å². The van der Waals surface area contributed by atoms with Gasteiger partial charge in [-0.15, -0.1) is 0 Å². The van der Waals surface area contributed by atoms with Crippen LogP contribution in [0.15, 0.2) is 17.9 Å². The number of nitrogens with zero attached hydrogens (tertiary/aromatic N) is 3. The largest absolute Gasteiger partial charge is 0.397 e. The molecule has 0 saturated carbocycles. The van der Waals surface area contributed by atoms with Gasteiger partial charge in [-0.05, 0) is 0 Å². The van der Waals surface area contributed by atoms with Crippen LogP contribution < -0.4 is 11.5 Å². The van der Waals surface area contributed by atoms with Crippen LogP contribution >= 0.6 is 0 Å². The standard InChI is InChI=1S/C7H11N5/c1-5(9)6-7(10-3-8)12(2)4-11-6/h3-4H,1,9H2,2H3,(H2,8,10). The first-order valence-electron chi connectivity index (χ1n) is 3.37. The van der Waals surface area contributed by atoms with E-state index in [9.17, 15) is 0 Å². The number of aromatic nitrogens is 2. The predicted octanol–water partition coefficient (Wildman–Crippen LogP) is -0.0320. The number of aliphatic imine (C=N–C) groups is 1. The average Bonchev–Trinajstić information content (AvgIpc) is 2.34. The Morgan fingerprint density at radius 3 is 3.00 bits per heavy atom. The maximum Gasteiger partial charge on any atom is 0.163 e. The molecule has 5 heteroatoms. The predicted molar refractivity (Wildman–Crippen MR) is 48.8 cm³/mol. The molecule has 64 valence electrons. The second-order valence-corrected chi connectivity index (χ2v) is 2.33. The maximum atomic E-state index is 5.47. The normalized spacial score (nSPS) is 10.8. The van der Waals surface area contributed by atoms with Crippen molar-refractivity contribution in [3.05, 3.63) is 18.6 Å². The molecule has 0 bridgehead atoms. The Kier molecular flexibility index (Phi) is 2.14. The van der Waals surface area contributed by atoms with Crippen molar-refractivity contribution < 1.29 is 0 Å². The van der Waals surface area contributed by atoms with Crippen LogP contribution in [0.3, 0.4) is 0 Å². The highest BCUT2D eigenvalue weighted by Crippen LogP contribution is 2.19. The molecule has 0 atom stereocenters. The molecule has 0 aliphatic rings. The Bertz CT molecular complexity index is 323. The fourth-order valence-corrected chi connectivity index (χ4v) is 0.873. The zero-order valence-electron chi connectivity index (χ0n) is 6.86. The highest BCUT2D eigenvalue weighted by molar-refractivity contribution is 5.69. The summed E-state index contributed by atoms with van der Waals surface area (Å²) in [5.74, 6) is 0.616. The molecule has 0 radical (unpaired) electrons. The molecule has 0 aliphatic heterocycles. The summed E-state index contributed by atoms with van der Waals surface area (Å²) in [6, 6.07) is 0. The molecular formula is C7H11N5. The van der Waals surface area contributed by atoms with E-state index in [0.717, 1.165) is 0 Å². The first-order chi connectivity index (χ1) is 5.66. The monoisotopic (exact) mass is 165 g/mol. The molecule has 1 rings (SSSR count). The summed E-state index contributed by atoms with van der Waals surface area (Å²) in [6.45, 7) is 3.57. The van der Waals surface area contributed by atoms with Crippen LogP contribution in [-0.2, 0) is 7.05 Å². The minimum Gasteiger partial charge on any atom is -0.397 e. The summed E-state index contributed by atoms with van der Waals surface area (Å²) >= 11 is 0. The van der Waals surface area contributed by atoms with Gasteiger partial charge in [0.1, 0.15) is 5.69 Å². The number of hydrogen-bond donors (Lipinski definition) is 2. The molecule has 0 aliphatic carbocycles. The zero-order valence-corrected chi connectivity index (χ0v) is 6.86. The summed E-state index contributed by atoms with van der Waals surface area (Å²) in [4.78, 5) is 7.90. The van der Waals surface area contributed by atoms with Crippen molar-refractivity contribution in [2.24, 2.45) is 23.5 Å². The summed E-state index contributed by atoms with van der Waals surface area (Å²) < 4.78 is 1.72. The Balaban J connectivity index is 3.21. The molecule has 4 N–H and O–H groups in total. The van der Waals surface area contributed by atoms with Gasteiger partial charge in [-0.25, -0.2) is 9.98 Å². The summed E-state index contributed by atoms with van der Waals surface area (Å²) in [5.41, 5.74) is 11.6. The van der Waals surface area contributed by atoms with Gasteiger partial charge in [0, 0.05) is 7.05 Å². The Morgan fingerprint density at radius 1 is 1.83 bits per heavy atom. The van der Waals surface area contributed by atoms with Gasteiger partial charge in [-0.2, -0.15) is 0 Å². The van der Waals surface area contributed by atoms with E-state index in [2.05, 4.69) is 16.6 Å². The number of aryl methyl sites for hydroxylation is 1. The van der Waals surface area contributed by atoms with Crippen LogP contribution in [-0.4, -0.2) is 15.9 Å². The van der Waals surface area contributed by atoms with E-state index in [4.69, 9.17) is 11.5 Å². The van der Waals surface area contributed by atoms with E-state index in [1.807, 2.05) is 7.05 Å². The van der Waals surface area contributed by atoms with E-state index < -0.39 is 0 Å². The van der Waals surface area contributed by atoms with Crippen molar-refractivity contribution in [2.45, 2.75) is 0 Å². The first-order valence-corrected chi connectivity index (χ1v) is 3.37. The topological polar surface area (TPSA) is 82.2 Å². The van der Waals surface area contributed by atoms with E-state index in [-0.39, 0.29) is 0 Å². The van der Waals surface area contributed by atoms with E-state index in [1.165, 1.54) is 6.34 Å². The number of imidazole rings is 1. The van der Waals surface area contributed by atoms with E-state index >= 15 is 0 Å². The van der Waals surface area contributed by atoms with E-state index in [0.29, 0.717) is 17.2 Å². The molecule has 0 spiro atoms. The Hall–Kier alpha value is -1.78. The highest BCUT2D eigenvalue weighted by atomic mass is 15.1. The minimum atomic E-state index is 0.385. The molecule has 1 heterocycles. The maximum absolute atomic E-state index is 5.47. The lowest BCUT2D eigenvalue weighted by molar-refractivity contribution is 0.912. The second-order valence-electron chi connectivity index (χ2n) is 2.33. The number of hydrogen-bond acceptors (Lipinski definition) is 3.